The Morgan fingerprint density at radius 1 is 1.30 bits per heavy atom. The zero-order chi connectivity index (χ0) is 27.5. The number of carbonyl (C=O) groups excluding carboxylic acids is 1. The highest BCUT2D eigenvalue weighted by atomic mass is 35.5. The Labute approximate surface area is 220 Å². The number of hydrogen-bond donors (Lipinski definition) is 3. The molecule has 1 aromatic heterocycles. The maximum atomic E-state index is 13.8. The van der Waals surface area contributed by atoms with E-state index in [2.05, 4.69) is 5.09 Å². The second kappa shape index (κ2) is 11.6. The van der Waals surface area contributed by atoms with E-state index in [0.29, 0.717) is 10.8 Å². The second-order valence-electron chi connectivity index (χ2n) is 8.32. The van der Waals surface area contributed by atoms with Crippen LogP contribution in [0, 0.1) is 5.82 Å². The number of halogens is 3. The maximum absolute atomic E-state index is 13.8. The molecule has 5 atom stereocenters. The SMILES string of the molecule is CC(C)OC(=O)[C@@H](C)NP(=O)(OC[C@H]1O[C@@H](n2cc(F)c(=O)[nH]c2=O)C(Cl)(Cl)[C@@H]1O)Oc1ccccc1. The van der Waals surface area contributed by atoms with Crippen LogP contribution in [-0.4, -0.2) is 55.9 Å². The van der Waals surface area contributed by atoms with Crippen molar-refractivity contribution in [2.45, 2.75) is 55.7 Å². The fraction of sp³-hybridized carbons (Fsp3) is 0.476. The maximum Gasteiger partial charge on any atom is 0.459 e. The summed E-state index contributed by atoms with van der Waals surface area (Å²) in [4.78, 5) is 37.5. The molecule has 0 radical (unpaired) electrons. The Hall–Kier alpha value is -2.25. The molecular weight excluding hydrogens is 559 g/mol. The number of esters is 1. The van der Waals surface area contributed by atoms with Crippen molar-refractivity contribution in [3.8, 4) is 5.75 Å². The van der Waals surface area contributed by atoms with Crippen molar-refractivity contribution >= 4 is 36.9 Å². The molecule has 0 spiro atoms. The van der Waals surface area contributed by atoms with Gasteiger partial charge in [0, 0.05) is 0 Å². The Bertz CT molecular complexity index is 1270. The molecule has 3 rings (SSSR count). The number of carbonyl (C=O) groups is 1. The molecule has 37 heavy (non-hydrogen) atoms. The van der Waals surface area contributed by atoms with E-state index < -0.39 is 72.3 Å². The molecule has 1 unspecified atom stereocenters. The van der Waals surface area contributed by atoms with E-state index in [-0.39, 0.29) is 5.75 Å². The van der Waals surface area contributed by atoms with Gasteiger partial charge in [-0.2, -0.15) is 9.48 Å². The number of benzene rings is 1. The Morgan fingerprint density at radius 2 is 1.95 bits per heavy atom. The first kappa shape index (κ1) is 29.3. The lowest BCUT2D eigenvalue weighted by molar-refractivity contribution is -0.149. The second-order valence-corrected chi connectivity index (χ2v) is 11.5. The van der Waals surface area contributed by atoms with E-state index >= 15 is 0 Å². The van der Waals surface area contributed by atoms with Crippen LogP contribution < -0.4 is 20.9 Å². The molecule has 0 bridgehead atoms. The van der Waals surface area contributed by atoms with Gasteiger partial charge in [0.25, 0.3) is 5.56 Å². The molecule has 1 fully saturated rings. The summed E-state index contributed by atoms with van der Waals surface area (Å²) in [5, 5.41) is 13.1. The van der Waals surface area contributed by atoms with E-state index in [1.165, 1.54) is 19.1 Å². The van der Waals surface area contributed by atoms with Gasteiger partial charge in [0.05, 0.1) is 18.9 Å². The van der Waals surface area contributed by atoms with Gasteiger partial charge in [-0.05, 0) is 32.9 Å². The number of nitrogens with zero attached hydrogens (tertiary/aromatic N) is 1. The largest absolute Gasteiger partial charge is 0.462 e. The number of aromatic nitrogens is 2. The molecule has 16 heteroatoms. The molecule has 3 N–H and O–H groups in total. The van der Waals surface area contributed by atoms with Gasteiger partial charge in [0.1, 0.15) is 24.0 Å². The molecule has 0 amide bonds. The van der Waals surface area contributed by atoms with Crippen molar-refractivity contribution in [1.29, 1.82) is 0 Å². The van der Waals surface area contributed by atoms with Crippen LogP contribution in [0.25, 0.3) is 0 Å². The zero-order valence-corrected chi connectivity index (χ0v) is 22.2. The van der Waals surface area contributed by atoms with E-state index in [1.807, 2.05) is 0 Å². The minimum absolute atomic E-state index is 0.132. The summed E-state index contributed by atoms with van der Waals surface area (Å²) in [6, 6.07) is 6.76. The number of aromatic amines is 1. The summed E-state index contributed by atoms with van der Waals surface area (Å²) < 4.78 is 47.3. The van der Waals surface area contributed by atoms with Crippen LogP contribution in [-0.2, 0) is 23.4 Å². The van der Waals surface area contributed by atoms with Gasteiger partial charge in [-0.1, -0.05) is 41.4 Å². The first-order valence-electron chi connectivity index (χ1n) is 10.9. The Balaban J connectivity index is 1.82. The van der Waals surface area contributed by atoms with Crippen LogP contribution in [0.3, 0.4) is 0 Å². The Morgan fingerprint density at radius 3 is 2.57 bits per heavy atom. The predicted octanol–water partition coefficient (Wildman–Crippen LogP) is 2.24. The molecule has 1 aliphatic heterocycles. The van der Waals surface area contributed by atoms with Crippen LogP contribution in [0.2, 0.25) is 0 Å². The number of para-hydroxylation sites is 1. The lowest BCUT2D eigenvalue weighted by atomic mass is 10.2. The number of aliphatic hydroxyl groups is 1. The molecule has 2 heterocycles. The van der Waals surface area contributed by atoms with Gasteiger partial charge < -0.3 is 19.1 Å². The van der Waals surface area contributed by atoms with Gasteiger partial charge in [0.2, 0.25) is 5.82 Å². The number of hydrogen-bond acceptors (Lipinski definition) is 9. The molecule has 1 saturated heterocycles. The summed E-state index contributed by atoms with van der Waals surface area (Å²) in [6.07, 6.45) is -4.73. The fourth-order valence-electron chi connectivity index (χ4n) is 3.25. The predicted molar refractivity (Wildman–Crippen MR) is 130 cm³/mol. The summed E-state index contributed by atoms with van der Waals surface area (Å²) in [6.45, 7) is 4.00. The van der Waals surface area contributed by atoms with Crippen molar-refractivity contribution in [2.24, 2.45) is 0 Å². The highest BCUT2D eigenvalue weighted by Crippen LogP contribution is 2.49. The van der Waals surface area contributed by atoms with Gasteiger partial charge in [-0.15, -0.1) is 0 Å². The normalized spacial score (nSPS) is 23.4. The van der Waals surface area contributed by atoms with E-state index in [9.17, 15) is 28.4 Å². The number of rotatable bonds is 10. The van der Waals surface area contributed by atoms with Crippen LogP contribution in [0.1, 0.15) is 27.0 Å². The summed E-state index contributed by atoms with van der Waals surface area (Å²) in [5.74, 6) is -1.92. The lowest BCUT2D eigenvalue weighted by Gasteiger charge is -2.25. The number of aliphatic hydroxyl groups excluding tert-OH is 1. The van der Waals surface area contributed by atoms with Crippen LogP contribution in [0.15, 0.2) is 46.1 Å². The quantitative estimate of drug-likeness (QED) is 0.215. The summed E-state index contributed by atoms with van der Waals surface area (Å²) in [7, 11) is -4.34. The van der Waals surface area contributed by atoms with Crippen molar-refractivity contribution in [2.75, 3.05) is 6.61 Å². The number of nitrogens with one attached hydrogen (secondary N) is 2. The minimum Gasteiger partial charge on any atom is -0.462 e. The number of alkyl halides is 2. The van der Waals surface area contributed by atoms with Gasteiger partial charge >= 0.3 is 19.4 Å². The molecule has 0 aliphatic carbocycles. The first-order valence-corrected chi connectivity index (χ1v) is 13.2. The summed E-state index contributed by atoms with van der Waals surface area (Å²) in [5.41, 5.74) is -2.38. The van der Waals surface area contributed by atoms with Gasteiger partial charge in [-0.3, -0.25) is 23.7 Å². The highest BCUT2D eigenvalue weighted by Gasteiger charge is 2.56. The third-order valence-corrected chi connectivity index (χ3v) is 7.46. The van der Waals surface area contributed by atoms with Crippen molar-refractivity contribution in [3.05, 3.63) is 63.2 Å². The van der Waals surface area contributed by atoms with Gasteiger partial charge in [0.15, 0.2) is 10.6 Å². The third-order valence-electron chi connectivity index (χ3n) is 4.99. The smallest absolute Gasteiger partial charge is 0.459 e. The first-order chi connectivity index (χ1) is 17.2. The zero-order valence-electron chi connectivity index (χ0n) is 19.8. The molecule has 0 saturated carbocycles. The molecule has 1 aliphatic rings. The average molecular weight is 584 g/mol. The third kappa shape index (κ3) is 6.99. The van der Waals surface area contributed by atoms with Crippen molar-refractivity contribution in [1.82, 2.24) is 14.6 Å². The van der Waals surface area contributed by atoms with Crippen LogP contribution >= 0.6 is 30.9 Å². The molecule has 2 aromatic rings. The monoisotopic (exact) mass is 583 g/mol. The fourth-order valence-corrected chi connectivity index (χ4v) is 5.34. The van der Waals surface area contributed by atoms with E-state index in [4.69, 9.17) is 41.7 Å². The van der Waals surface area contributed by atoms with Crippen LogP contribution in [0.5, 0.6) is 5.75 Å². The van der Waals surface area contributed by atoms with Gasteiger partial charge in [-0.25, -0.2) is 9.36 Å². The molecular formula is C21H25Cl2FN3O9P. The molecule has 204 valence electrons. The summed E-state index contributed by atoms with van der Waals surface area (Å²) >= 11 is 12.4. The number of ether oxygens (including phenoxy) is 2. The average Bonchev–Trinajstić information content (AvgIpc) is 3.03. The lowest BCUT2D eigenvalue weighted by Crippen LogP contribution is -2.42. The molecule has 1 aromatic carbocycles. The van der Waals surface area contributed by atoms with Crippen LogP contribution in [0.4, 0.5) is 4.39 Å². The van der Waals surface area contributed by atoms with E-state index in [0.717, 1.165) is 0 Å². The van der Waals surface area contributed by atoms with E-state index in [1.54, 1.807) is 37.0 Å². The topological polar surface area (TPSA) is 158 Å². The van der Waals surface area contributed by atoms with Crippen molar-refractivity contribution < 1.29 is 37.4 Å². The highest BCUT2D eigenvalue weighted by molar-refractivity contribution is 7.52. The Kier molecular flexibility index (Phi) is 9.23. The van der Waals surface area contributed by atoms with Crippen molar-refractivity contribution in [3.63, 3.8) is 0 Å². The number of H-pyrrole nitrogens is 1. The standard InChI is InChI=1S/C21H25Cl2FN3O9P/c1-11(2)34-18(30)12(3)26-37(32,36-13-7-5-4-6-8-13)33-10-15-16(28)21(22,23)19(35-15)27-9-14(24)17(29)25-20(27)31/h4-9,11-12,15-16,19,28H,10H2,1-3H3,(H,26,32)(H,25,29,31)/t12-,15-,16-,19-,37?/m1/s1. The minimum atomic E-state index is -4.34. The molecule has 12 nitrogen and oxygen atoms in total.